The summed E-state index contributed by atoms with van der Waals surface area (Å²) in [4.78, 5) is 0.253. The number of aryl methyl sites for hydroxylation is 1. The van der Waals surface area contributed by atoms with E-state index in [0.717, 1.165) is 11.5 Å². The maximum absolute atomic E-state index is 12.8. The highest BCUT2D eigenvalue weighted by molar-refractivity contribution is 7.98. The largest absolute Gasteiger partial charge is 0.360 e. The van der Waals surface area contributed by atoms with Crippen LogP contribution in [-0.4, -0.2) is 45.7 Å². The van der Waals surface area contributed by atoms with Crippen molar-refractivity contribution in [3.8, 4) is 11.4 Å². The number of nitrogens with zero attached hydrogens (tertiary/aromatic N) is 5. The number of thioether (sulfide) groups is 1. The molecule has 0 unspecified atom stereocenters. The highest BCUT2D eigenvalue weighted by Crippen LogP contribution is 2.27. The van der Waals surface area contributed by atoms with Gasteiger partial charge in [-0.1, -0.05) is 42.9 Å². The lowest BCUT2D eigenvalue weighted by Gasteiger charge is -2.18. The van der Waals surface area contributed by atoms with E-state index in [4.69, 9.17) is 4.52 Å². The van der Waals surface area contributed by atoms with Crippen LogP contribution in [0, 0.1) is 6.92 Å². The lowest BCUT2D eigenvalue weighted by molar-refractivity contribution is 0.391. The number of hydrogen-bond donors (Lipinski definition) is 0. The van der Waals surface area contributed by atoms with Gasteiger partial charge in [0.15, 0.2) is 11.0 Å². The van der Waals surface area contributed by atoms with Gasteiger partial charge in [-0.3, -0.25) is 0 Å². The van der Waals surface area contributed by atoms with Gasteiger partial charge in [0.25, 0.3) is 0 Å². The van der Waals surface area contributed by atoms with E-state index in [1.807, 2.05) is 44.5 Å². The fourth-order valence-corrected chi connectivity index (χ4v) is 5.11. The van der Waals surface area contributed by atoms with Crippen molar-refractivity contribution >= 4 is 21.8 Å². The summed E-state index contributed by atoms with van der Waals surface area (Å²) in [6.07, 6.45) is 0. The van der Waals surface area contributed by atoms with Gasteiger partial charge in [-0.15, -0.1) is 10.2 Å². The minimum absolute atomic E-state index is 0.253. The van der Waals surface area contributed by atoms with E-state index in [1.54, 1.807) is 18.2 Å². The second-order valence-corrected chi connectivity index (χ2v) is 9.09. The van der Waals surface area contributed by atoms with Crippen LogP contribution in [0.4, 0.5) is 0 Å². The molecule has 28 heavy (non-hydrogen) atoms. The molecule has 3 aromatic rings. The minimum Gasteiger partial charge on any atom is -0.360 e. The van der Waals surface area contributed by atoms with Crippen molar-refractivity contribution in [3.05, 3.63) is 41.8 Å². The lowest BCUT2D eigenvalue weighted by atomic mass is 10.2. The summed E-state index contributed by atoms with van der Waals surface area (Å²) < 4.78 is 34.1. The molecule has 0 aliphatic carbocycles. The quantitative estimate of drug-likeness (QED) is 0.516. The van der Waals surface area contributed by atoms with Gasteiger partial charge in [-0.2, -0.15) is 4.31 Å². The third kappa shape index (κ3) is 4.13. The van der Waals surface area contributed by atoms with E-state index in [2.05, 4.69) is 15.4 Å². The van der Waals surface area contributed by atoms with Crippen molar-refractivity contribution in [2.45, 2.75) is 36.6 Å². The molecular weight excluding hydrogens is 398 g/mol. The van der Waals surface area contributed by atoms with Crippen molar-refractivity contribution in [3.63, 3.8) is 0 Å². The fraction of sp³-hybridized carbons (Fsp3) is 0.389. The summed E-state index contributed by atoms with van der Waals surface area (Å²) in [7, 11) is -1.67. The summed E-state index contributed by atoms with van der Waals surface area (Å²) in [6, 6.07) is 8.69. The van der Waals surface area contributed by atoms with Gasteiger partial charge in [0, 0.05) is 31.8 Å². The Kier molecular flexibility index (Phi) is 6.21. The second kappa shape index (κ2) is 8.46. The Labute approximate surface area is 169 Å². The molecule has 0 saturated heterocycles. The Balaban J connectivity index is 1.85. The van der Waals surface area contributed by atoms with Crippen LogP contribution in [0.25, 0.3) is 11.4 Å². The van der Waals surface area contributed by atoms with Crippen molar-refractivity contribution in [2.24, 2.45) is 7.05 Å². The number of benzene rings is 1. The van der Waals surface area contributed by atoms with E-state index in [-0.39, 0.29) is 4.90 Å². The summed E-state index contributed by atoms with van der Waals surface area (Å²) in [6.45, 7) is 6.38. The molecule has 0 radical (unpaired) electrons. The van der Waals surface area contributed by atoms with E-state index in [1.165, 1.54) is 16.1 Å². The molecule has 0 spiro atoms. The fourth-order valence-electron chi connectivity index (χ4n) is 2.82. The molecule has 0 amide bonds. The molecule has 0 fully saturated rings. The highest BCUT2D eigenvalue weighted by Gasteiger charge is 2.22. The van der Waals surface area contributed by atoms with Gasteiger partial charge in [-0.05, 0) is 19.1 Å². The second-order valence-electron chi connectivity index (χ2n) is 6.21. The first-order valence-corrected chi connectivity index (χ1v) is 11.3. The van der Waals surface area contributed by atoms with Gasteiger partial charge in [0.05, 0.1) is 16.3 Å². The van der Waals surface area contributed by atoms with Crippen LogP contribution in [0.5, 0.6) is 0 Å². The zero-order valence-corrected chi connectivity index (χ0v) is 17.9. The zero-order valence-electron chi connectivity index (χ0n) is 16.3. The van der Waals surface area contributed by atoms with E-state index in [9.17, 15) is 8.42 Å². The predicted molar refractivity (Wildman–Crippen MR) is 107 cm³/mol. The number of sulfonamides is 1. The van der Waals surface area contributed by atoms with Gasteiger partial charge in [0.1, 0.15) is 5.76 Å². The lowest BCUT2D eigenvalue weighted by Crippen LogP contribution is -2.30. The molecule has 150 valence electrons. The molecule has 0 saturated carbocycles. The van der Waals surface area contributed by atoms with Crippen LogP contribution >= 0.6 is 11.8 Å². The molecule has 8 nitrogen and oxygen atoms in total. The van der Waals surface area contributed by atoms with Gasteiger partial charge < -0.3 is 9.09 Å². The highest BCUT2D eigenvalue weighted by atomic mass is 32.2. The summed E-state index contributed by atoms with van der Waals surface area (Å²) in [5.74, 6) is 1.95. The molecule has 2 heterocycles. The summed E-state index contributed by atoms with van der Waals surface area (Å²) in [5.41, 5.74) is 1.53. The van der Waals surface area contributed by atoms with Crippen molar-refractivity contribution < 1.29 is 12.9 Å². The van der Waals surface area contributed by atoms with Crippen LogP contribution in [0.15, 0.2) is 44.9 Å². The average Bonchev–Trinajstić information content (AvgIpc) is 3.26. The molecule has 0 atom stereocenters. The van der Waals surface area contributed by atoms with E-state index in [0.29, 0.717) is 35.4 Å². The smallest absolute Gasteiger partial charge is 0.243 e. The van der Waals surface area contributed by atoms with Crippen LogP contribution in [0.1, 0.15) is 25.3 Å². The molecule has 0 N–H and O–H groups in total. The maximum atomic E-state index is 12.8. The molecule has 10 heteroatoms. The van der Waals surface area contributed by atoms with E-state index >= 15 is 0 Å². The normalized spacial score (nSPS) is 12.0. The Morgan fingerprint density at radius 2 is 1.93 bits per heavy atom. The van der Waals surface area contributed by atoms with Crippen molar-refractivity contribution in [1.82, 2.24) is 24.2 Å². The standard InChI is InChI=1S/C18H23N5O3S2/c1-5-23(6-2)28(24,25)16-9-7-8-14(11-16)17-19-20-18(22(17)4)27-12-15-10-13(3)21-26-15/h7-11H,5-6,12H2,1-4H3. The molecule has 0 aliphatic rings. The maximum Gasteiger partial charge on any atom is 0.243 e. The van der Waals surface area contributed by atoms with Gasteiger partial charge in [0.2, 0.25) is 10.0 Å². The first kappa shape index (κ1) is 20.6. The monoisotopic (exact) mass is 421 g/mol. The zero-order chi connectivity index (χ0) is 20.3. The number of hydrogen-bond acceptors (Lipinski definition) is 7. The third-order valence-electron chi connectivity index (χ3n) is 4.29. The SMILES string of the molecule is CCN(CC)S(=O)(=O)c1cccc(-c2nnc(SCc3cc(C)no3)n2C)c1. The van der Waals surface area contributed by atoms with Crippen LogP contribution in [0.2, 0.25) is 0 Å². The molecular formula is C18H23N5O3S2. The predicted octanol–water partition coefficient (Wildman–Crippen LogP) is 3.10. The molecule has 2 aromatic heterocycles. The summed E-state index contributed by atoms with van der Waals surface area (Å²) >= 11 is 1.48. The number of rotatable bonds is 8. The van der Waals surface area contributed by atoms with Crippen LogP contribution in [-0.2, 0) is 22.8 Å². The van der Waals surface area contributed by atoms with Crippen molar-refractivity contribution in [2.75, 3.05) is 13.1 Å². The Morgan fingerprint density at radius 3 is 2.57 bits per heavy atom. The average molecular weight is 422 g/mol. The van der Waals surface area contributed by atoms with Gasteiger partial charge >= 0.3 is 0 Å². The van der Waals surface area contributed by atoms with Crippen LogP contribution < -0.4 is 0 Å². The van der Waals surface area contributed by atoms with Crippen LogP contribution in [0.3, 0.4) is 0 Å². The minimum atomic E-state index is -3.53. The third-order valence-corrected chi connectivity index (χ3v) is 7.38. The Hall–Kier alpha value is -2.17. The topological polar surface area (TPSA) is 94.1 Å². The Bertz CT molecular complexity index is 1050. The molecule has 0 bridgehead atoms. The number of aromatic nitrogens is 4. The van der Waals surface area contributed by atoms with Crippen molar-refractivity contribution in [1.29, 1.82) is 0 Å². The molecule has 3 rings (SSSR count). The summed E-state index contributed by atoms with van der Waals surface area (Å²) in [5, 5.41) is 13.1. The molecule has 0 aliphatic heterocycles. The first-order chi connectivity index (χ1) is 13.4. The molecule has 1 aromatic carbocycles. The van der Waals surface area contributed by atoms with E-state index < -0.39 is 10.0 Å². The van der Waals surface area contributed by atoms with Gasteiger partial charge in [-0.25, -0.2) is 8.42 Å². The Morgan fingerprint density at radius 1 is 1.18 bits per heavy atom. The first-order valence-electron chi connectivity index (χ1n) is 8.91.